The van der Waals surface area contributed by atoms with Crippen LogP contribution in [0.25, 0.3) is 0 Å². The molecule has 88 valence electrons. The monoisotopic (exact) mass is 226 g/mol. The van der Waals surface area contributed by atoms with Crippen LogP contribution in [0.15, 0.2) is 36.4 Å². The number of carbonyl (C=O) groups excluding carboxylic acids is 1. The summed E-state index contributed by atoms with van der Waals surface area (Å²) in [6.45, 7) is 0. The first-order chi connectivity index (χ1) is 8.36. The van der Waals surface area contributed by atoms with Crippen LogP contribution in [0.4, 0.5) is 0 Å². The summed E-state index contributed by atoms with van der Waals surface area (Å²) in [5.74, 6) is 1.02. The van der Waals surface area contributed by atoms with E-state index in [1.165, 1.54) is 30.4 Å². The number of rotatable bonds is 1. The second kappa shape index (κ2) is 4.48. The second-order valence-corrected chi connectivity index (χ2v) is 5.17. The quantitative estimate of drug-likeness (QED) is 0.668. The minimum atomic E-state index is 0.136. The molecule has 1 heteroatoms. The molecular formula is C16H18O. The lowest BCUT2D eigenvalue weighted by Gasteiger charge is -2.31. The lowest BCUT2D eigenvalue weighted by Crippen LogP contribution is -2.27. The van der Waals surface area contributed by atoms with Gasteiger partial charge in [0.25, 0.3) is 0 Å². The van der Waals surface area contributed by atoms with E-state index in [-0.39, 0.29) is 5.92 Å². The maximum atomic E-state index is 12.2. The van der Waals surface area contributed by atoms with Gasteiger partial charge >= 0.3 is 0 Å². The number of ketones is 1. The average Bonchev–Trinajstić information content (AvgIpc) is 2.39. The molecule has 2 aliphatic carbocycles. The number of benzene rings is 1. The fourth-order valence-corrected chi connectivity index (χ4v) is 3.24. The molecule has 0 heterocycles. The van der Waals surface area contributed by atoms with Gasteiger partial charge in [0.2, 0.25) is 0 Å². The molecule has 0 saturated heterocycles. The van der Waals surface area contributed by atoms with E-state index in [1.807, 2.05) is 0 Å². The lowest BCUT2D eigenvalue weighted by atomic mass is 9.72. The minimum Gasteiger partial charge on any atom is -0.299 e. The van der Waals surface area contributed by atoms with Crippen LogP contribution in [0.1, 0.15) is 42.7 Å². The molecule has 0 saturated carbocycles. The number of carbonyl (C=O) groups is 1. The van der Waals surface area contributed by atoms with Crippen molar-refractivity contribution in [3.8, 4) is 0 Å². The van der Waals surface area contributed by atoms with Crippen molar-refractivity contribution >= 4 is 5.78 Å². The summed E-state index contributed by atoms with van der Waals surface area (Å²) in [7, 11) is 0. The number of Topliss-reactive ketones (excluding diaryl/α,β-unsaturated/α-hetero) is 1. The van der Waals surface area contributed by atoms with Gasteiger partial charge in [-0.15, -0.1) is 0 Å². The molecule has 1 aromatic rings. The maximum Gasteiger partial charge on any atom is 0.141 e. The highest BCUT2D eigenvalue weighted by Gasteiger charge is 2.32. The second-order valence-electron chi connectivity index (χ2n) is 5.17. The van der Waals surface area contributed by atoms with Gasteiger partial charge in [-0.25, -0.2) is 0 Å². The highest BCUT2D eigenvalue weighted by molar-refractivity contribution is 5.88. The molecule has 0 bridgehead atoms. The molecule has 0 N–H and O–H groups in total. The fraction of sp³-hybridized carbons (Fsp3) is 0.438. The molecule has 2 aliphatic rings. The largest absolute Gasteiger partial charge is 0.299 e. The summed E-state index contributed by atoms with van der Waals surface area (Å²) in [5, 5.41) is 0. The number of aryl methyl sites for hydroxylation is 1. The number of hydrogen-bond acceptors (Lipinski definition) is 1. The molecule has 0 fully saturated rings. The Balaban J connectivity index is 2.00. The van der Waals surface area contributed by atoms with Gasteiger partial charge in [0.1, 0.15) is 5.78 Å². The Morgan fingerprint density at radius 3 is 2.82 bits per heavy atom. The molecule has 0 radical (unpaired) electrons. The van der Waals surface area contributed by atoms with E-state index in [1.54, 1.807) is 0 Å². The zero-order valence-corrected chi connectivity index (χ0v) is 10.1. The molecule has 1 nitrogen and oxygen atoms in total. The highest BCUT2D eigenvalue weighted by atomic mass is 16.1. The minimum absolute atomic E-state index is 0.136. The van der Waals surface area contributed by atoms with E-state index >= 15 is 0 Å². The van der Waals surface area contributed by atoms with Gasteiger partial charge in [-0.1, -0.05) is 36.4 Å². The Kier molecular flexibility index (Phi) is 2.84. The lowest BCUT2D eigenvalue weighted by molar-refractivity contribution is -0.121. The van der Waals surface area contributed by atoms with Gasteiger partial charge in [-0.2, -0.15) is 0 Å². The zero-order valence-electron chi connectivity index (χ0n) is 10.1. The van der Waals surface area contributed by atoms with Crippen LogP contribution in [-0.4, -0.2) is 5.78 Å². The summed E-state index contributed by atoms with van der Waals surface area (Å²) in [5.41, 5.74) is 2.68. The standard InChI is InChI=1S/C16H18O/c17-15-11-10-12-6-4-5-9-14(12)16(15)13-7-2-1-3-8-13/h2,4-7,9,13,16H,1,3,8,10-11H2. The third-order valence-corrected chi connectivity index (χ3v) is 4.10. The third-order valence-electron chi connectivity index (χ3n) is 4.10. The van der Waals surface area contributed by atoms with Crippen LogP contribution in [0.3, 0.4) is 0 Å². The van der Waals surface area contributed by atoms with E-state index < -0.39 is 0 Å². The van der Waals surface area contributed by atoms with Gasteiger partial charge in [0.05, 0.1) is 0 Å². The van der Waals surface area contributed by atoms with Gasteiger partial charge in [0.15, 0.2) is 0 Å². The summed E-state index contributed by atoms with van der Waals surface area (Å²) in [6.07, 6.45) is 9.76. The molecule has 17 heavy (non-hydrogen) atoms. The smallest absolute Gasteiger partial charge is 0.141 e. The van der Waals surface area contributed by atoms with Crippen molar-refractivity contribution in [1.29, 1.82) is 0 Å². The fourth-order valence-electron chi connectivity index (χ4n) is 3.24. The highest BCUT2D eigenvalue weighted by Crippen LogP contribution is 2.38. The maximum absolute atomic E-state index is 12.2. The summed E-state index contributed by atoms with van der Waals surface area (Å²) >= 11 is 0. The van der Waals surface area contributed by atoms with Crippen LogP contribution in [0.2, 0.25) is 0 Å². The zero-order chi connectivity index (χ0) is 11.7. The number of fused-ring (bicyclic) bond motifs is 1. The van der Waals surface area contributed by atoms with Crippen molar-refractivity contribution in [3.63, 3.8) is 0 Å². The summed E-state index contributed by atoms with van der Waals surface area (Å²) < 4.78 is 0. The van der Waals surface area contributed by atoms with E-state index in [2.05, 4.69) is 36.4 Å². The topological polar surface area (TPSA) is 17.1 Å². The van der Waals surface area contributed by atoms with Crippen molar-refractivity contribution in [3.05, 3.63) is 47.5 Å². The molecule has 2 atom stereocenters. The molecule has 2 unspecified atom stereocenters. The molecule has 0 amide bonds. The Bertz CT molecular complexity index is 458. The Morgan fingerprint density at radius 2 is 2.00 bits per heavy atom. The predicted octanol–water partition coefficient (Wildman–Crippen LogP) is 3.64. The van der Waals surface area contributed by atoms with E-state index in [4.69, 9.17) is 0 Å². The van der Waals surface area contributed by atoms with Gasteiger partial charge < -0.3 is 0 Å². The number of allylic oxidation sites excluding steroid dienone is 2. The SMILES string of the molecule is O=C1CCc2ccccc2C1C1C=CCCC1. The molecule has 3 rings (SSSR count). The number of hydrogen-bond donors (Lipinski definition) is 0. The van der Waals surface area contributed by atoms with Crippen molar-refractivity contribution in [2.45, 2.75) is 38.0 Å². The van der Waals surface area contributed by atoms with Crippen LogP contribution in [0, 0.1) is 5.92 Å². The van der Waals surface area contributed by atoms with Crippen LogP contribution in [0.5, 0.6) is 0 Å². The van der Waals surface area contributed by atoms with Crippen LogP contribution in [-0.2, 0) is 11.2 Å². The summed E-state index contributed by atoms with van der Waals surface area (Å²) in [4.78, 5) is 12.2. The first-order valence-electron chi connectivity index (χ1n) is 6.63. The molecular weight excluding hydrogens is 208 g/mol. The molecule has 1 aromatic carbocycles. The van der Waals surface area contributed by atoms with Gasteiger partial charge in [-0.05, 0) is 42.7 Å². The normalized spacial score (nSPS) is 27.9. The predicted molar refractivity (Wildman–Crippen MR) is 69.0 cm³/mol. The Morgan fingerprint density at radius 1 is 1.12 bits per heavy atom. The van der Waals surface area contributed by atoms with Crippen molar-refractivity contribution < 1.29 is 4.79 Å². The third kappa shape index (κ3) is 1.95. The molecule has 0 aromatic heterocycles. The average molecular weight is 226 g/mol. The Labute approximate surface area is 103 Å². The van der Waals surface area contributed by atoms with E-state index in [0.29, 0.717) is 11.7 Å². The first kappa shape index (κ1) is 10.8. The van der Waals surface area contributed by atoms with E-state index in [0.717, 1.165) is 12.8 Å². The molecule has 0 aliphatic heterocycles. The Hall–Kier alpha value is -1.37. The van der Waals surface area contributed by atoms with Gasteiger partial charge in [-0.3, -0.25) is 4.79 Å². The van der Waals surface area contributed by atoms with E-state index in [9.17, 15) is 4.79 Å². The van der Waals surface area contributed by atoms with Crippen molar-refractivity contribution in [2.75, 3.05) is 0 Å². The van der Waals surface area contributed by atoms with Crippen LogP contribution < -0.4 is 0 Å². The first-order valence-corrected chi connectivity index (χ1v) is 6.63. The summed E-state index contributed by atoms with van der Waals surface area (Å²) in [6, 6.07) is 8.49. The van der Waals surface area contributed by atoms with Gasteiger partial charge in [0, 0.05) is 12.3 Å². The molecule has 0 spiro atoms. The van der Waals surface area contributed by atoms with Crippen LogP contribution >= 0.6 is 0 Å². The van der Waals surface area contributed by atoms with Crippen molar-refractivity contribution in [1.82, 2.24) is 0 Å². The van der Waals surface area contributed by atoms with Crippen molar-refractivity contribution in [2.24, 2.45) is 5.92 Å².